The molecule has 2 aromatic heterocycles. The van der Waals surface area contributed by atoms with Crippen molar-refractivity contribution in [3.8, 4) is 10.6 Å². The second kappa shape index (κ2) is 5.87. The predicted molar refractivity (Wildman–Crippen MR) is 73.3 cm³/mol. The van der Waals surface area contributed by atoms with Gasteiger partial charge in [0.15, 0.2) is 0 Å². The zero-order chi connectivity index (χ0) is 13.0. The minimum absolute atomic E-state index is 0.0686. The van der Waals surface area contributed by atoms with Crippen LogP contribution in [0.25, 0.3) is 10.6 Å². The number of nitrogens with one attached hydrogen (secondary N) is 1. The van der Waals surface area contributed by atoms with Gasteiger partial charge in [0, 0.05) is 6.42 Å². The fourth-order valence-electron chi connectivity index (χ4n) is 1.65. The molecule has 0 unspecified atom stereocenters. The molecule has 0 aromatic carbocycles. The molecule has 0 bridgehead atoms. The molecule has 0 radical (unpaired) electrons. The van der Waals surface area contributed by atoms with E-state index in [2.05, 4.69) is 5.32 Å². The van der Waals surface area contributed by atoms with Crippen molar-refractivity contribution in [2.24, 2.45) is 5.92 Å². The molecule has 0 atom stereocenters. The predicted octanol–water partition coefficient (Wildman–Crippen LogP) is 3.67. The van der Waals surface area contributed by atoms with Crippen molar-refractivity contribution in [1.82, 2.24) is 5.32 Å². The van der Waals surface area contributed by atoms with Crippen molar-refractivity contribution in [2.75, 3.05) is 0 Å². The second-order valence-electron chi connectivity index (χ2n) is 4.62. The molecule has 96 valence electrons. The highest BCUT2D eigenvalue weighted by molar-refractivity contribution is 7.13. The van der Waals surface area contributed by atoms with E-state index in [1.54, 1.807) is 11.3 Å². The van der Waals surface area contributed by atoms with Crippen LogP contribution in [0.2, 0.25) is 0 Å². The van der Waals surface area contributed by atoms with Crippen LogP contribution in [0.1, 0.15) is 26.0 Å². The number of hydrogen-bond acceptors (Lipinski definition) is 3. The van der Waals surface area contributed by atoms with Gasteiger partial charge >= 0.3 is 0 Å². The molecule has 1 amide bonds. The lowest BCUT2D eigenvalue weighted by Gasteiger charge is -2.05. The number of thiophene rings is 1. The van der Waals surface area contributed by atoms with Gasteiger partial charge in [0.25, 0.3) is 0 Å². The summed E-state index contributed by atoms with van der Waals surface area (Å²) >= 11 is 1.64. The van der Waals surface area contributed by atoms with Crippen LogP contribution in [0.15, 0.2) is 34.1 Å². The lowest BCUT2D eigenvalue weighted by atomic mass is 10.1. The molecule has 4 heteroatoms. The zero-order valence-corrected chi connectivity index (χ0v) is 11.4. The van der Waals surface area contributed by atoms with Gasteiger partial charge in [-0.2, -0.15) is 0 Å². The van der Waals surface area contributed by atoms with Crippen LogP contribution in [0.4, 0.5) is 0 Å². The number of furan rings is 1. The summed E-state index contributed by atoms with van der Waals surface area (Å²) in [4.78, 5) is 12.6. The van der Waals surface area contributed by atoms with Gasteiger partial charge in [0.1, 0.15) is 11.5 Å². The summed E-state index contributed by atoms with van der Waals surface area (Å²) in [5.41, 5.74) is 0. The van der Waals surface area contributed by atoms with Crippen LogP contribution < -0.4 is 5.32 Å². The van der Waals surface area contributed by atoms with Crippen LogP contribution in [0.5, 0.6) is 0 Å². The van der Waals surface area contributed by atoms with Crippen molar-refractivity contribution in [2.45, 2.75) is 26.8 Å². The van der Waals surface area contributed by atoms with E-state index in [1.807, 2.05) is 43.5 Å². The first-order valence-electron chi connectivity index (χ1n) is 6.04. The molecule has 0 saturated carbocycles. The average Bonchev–Trinajstić information content (AvgIpc) is 2.96. The summed E-state index contributed by atoms with van der Waals surface area (Å²) in [7, 11) is 0. The quantitative estimate of drug-likeness (QED) is 0.894. The van der Waals surface area contributed by atoms with Crippen molar-refractivity contribution in [1.29, 1.82) is 0 Å². The molecule has 3 nitrogen and oxygen atoms in total. The molecule has 2 aromatic rings. The highest BCUT2D eigenvalue weighted by Gasteiger charge is 2.08. The molecule has 2 rings (SSSR count). The molecule has 0 spiro atoms. The third-order valence-electron chi connectivity index (χ3n) is 2.48. The summed E-state index contributed by atoms with van der Waals surface area (Å²) in [5, 5.41) is 4.88. The fourth-order valence-corrected chi connectivity index (χ4v) is 2.34. The average molecular weight is 263 g/mol. The summed E-state index contributed by atoms with van der Waals surface area (Å²) in [6, 6.07) is 7.86. The van der Waals surface area contributed by atoms with E-state index in [0.29, 0.717) is 18.9 Å². The van der Waals surface area contributed by atoms with Crippen LogP contribution in [-0.4, -0.2) is 5.91 Å². The van der Waals surface area contributed by atoms with Crippen LogP contribution in [0.3, 0.4) is 0 Å². The molecular formula is C14H17NO2S. The van der Waals surface area contributed by atoms with Gasteiger partial charge < -0.3 is 9.73 Å². The van der Waals surface area contributed by atoms with Gasteiger partial charge in [-0.25, -0.2) is 0 Å². The Morgan fingerprint density at radius 3 is 2.89 bits per heavy atom. The minimum Gasteiger partial charge on any atom is -0.458 e. The summed E-state index contributed by atoms with van der Waals surface area (Å²) in [6.45, 7) is 4.51. The van der Waals surface area contributed by atoms with Gasteiger partial charge in [-0.3, -0.25) is 4.79 Å². The number of carbonyl (C=O) groups excluding carboxylic acids is 1. The minimum atomic E-state index is 0.0686. The summed E-state index contributed by atoms with van der Waals surface area (Å²) in [5.74, 6) is 2.09. The maximum Gasteiger partial charge on any atom is 0.220 e. The Hall–Kier alpha value is -1.55. The van der Waals surface area contributed by atoms with Crippen molar-refractivity contribution < 1.29 is 9.21 Å². The molecule has 0 aliphatic carbocycles. The van der Waals surface area contributed by atoms with Gasteiger partial charge in [0.2, 0.25) is 5.91 Å². The first kappa shape index (κ1) is 12.9. The molecule has 0 saturated heterocycles. The van der Waals surface area contributed by atoms with Gasteiger partial charge in [-0.15, -0.1) is 11.3 Å². The molecule has 0 aliphatic rings. The molecule has 18 heavy (non-hydrogen) atoms. The first-order valence-corrected chi connectivity index (χ1v) is 6.92. The molecule has 1 N–H and O–H groups in total. The van der Waals surface area contributed by atoms with Gasteiger partial charge in [-0.05, 0) is 29.5 Å². The van der Waals surface area contributed by atoms with E-state index in [-0.39, 0.29) is 5.91 Å². The van der Waals surface area contributed by atoms with Crippen LogP contribution >= 0.6 is 11.3 Å². The monoisotopic (exact) mass is 263 g/mol. The molecule has 2 heterocycles. The topological polar surface area (TPSA) is 42.2 Å². The van der Waals surface area contributed by atoms with E-state index in [0.717, 1.165) is 16.4 Å². The standard InChI is InChI=1S/C14H17NO2S/c1-10(2)8-14(16)15-9-11-5-6-12(17-11)13-4-3-7-18-13/h3-7,10H,8-9H2,1-2H3,(H,15,16). The SMILES string of the molecule is CC(C)CC(=O)NCc1ccc(-c2cccs2)o1. The smallest absolute Gasteiger partial charge is 0.220 e. The highest BCUT2D eigenvalue weighted by Crippen LogP contribution is 2.26. The first-order chi connectivity index (χ1) is 8.65. The largest absolute Gasteiger partial charge is 0.458 e. The maximum absolute atomic E-state index is 11.5. The van der Waals surface area contributed by atoms with Gasteiger partial charge in [0.05, 0.1) is 11.4 Å². The lowest BCUT2D eigenvalue weighted by Crippen LogP contribution is -2.23. The molecule has 0 aliphatic heterocycles. The maximum atomic E-state index is 11.5. The third kappa shape index (κ3) is 3.47. The zero-order valence-electron chi connectivity index (χ0n) is 10.6. The Kier molecular flexibility index (Phi) is 4.20. The van der Waals surface area contributed by atoms with E-state index in [9.17, 15) is 4.79 Å². The van der Waals surface area contributed by atoms with Gasteiger partial charge in [-0.1, -0.05) is 19.9 Å². The number of hydrogen-bond donors (Lipinski definition) is 1. The van der Waals surface area contributed by atoms with Crippen molar-refractivity contribution in [3.63, 3.8) is 0 Å². The Balaban J connectivity index is 1.89. The van der Waals surface area contributed by atoms with E-state index >= 15 is 0 Å². The third-order valence-corrected chi connectivity index (χ3v) is 3.36. The lowest BCUT2D eigenvalue weighted by molar-refractivity contribution is -0.122. The van der Waals surface area contributed by atoms with Crippen molar-refractivity contribution >= 4 is 17.2 Å². The number of amides is 1. The molecular weight excluding hydrogens is 246 g/mol. The van der Waals surface area contributed by atoms with Crippen LogP contribution in [-0.2, 0) is 11.3 Å². The summed E-state index contributed by atoms with van der Waals surface area (Å²) in [6.07, 6.45) is 0.554. The normalized spacial score (nSPS) is 10.8. The molecule has 0 fully saturated rings. The number of rotatable bonds is 5. The second-order valence-corrected chi connectivity index (χ2v) is 5.57. The Morgan fingerprint density at radius 1 is 1.39 bits per heavy atom. The Labute approximate surface area is 111 Å². The summed E-state index contributed by atoms with van der Waals surface area (Å²) < 4.78 is 5.68. The van der Waals surface area contributed by atoms with Crippen molar-refractivity contribution in [3.05, 3.63) is 35.4 Å². The Morgan fingerprint density at radius 2 is 2.22 bits per heavy atom. The van der Waals surface area contributed by atoms with Crippen LogP contribution in [0, 0.1) is 5.92 Å². The Bertz CT molecular complexity index is 500. The van der Waals surface area contributed by atoms with E-state index < -0.39 is 0 Å². The highest BCUT2D eigenvalue weighted by atomic mass is 32.1. The van der Waals surface area contributed by atoms with E-state index in [1.165, 1.54) is 0 Å². The fraction of sp³-hybridized carbons (Fsp3) is 0.357. The van der Waals surface area contributed by atoms with E-state index in [4.69, 9.17) is 4.42 Å². The number of carbonyl (C=O) groups is 1.